The minimum atomic E-state index is -0.0690. The molecule has 0 bridgehead atoms. The van der Waals surface area contributed by atoms with Crippen LogP contribution < -0.4 is 15.5 Å². The molecule has 1 fully saturated rings. The van der Waals surface area contributed by atoms with E-state index in [0.29, 0.717) is 18.2 Å². The van der Waals surface area contributed by atoms with Crippen molar-refractivity contribution in [3.63, 3.8) is 0 Å². The Hall–Kier alpha value is -2.70. The second-order valence-corrected chi connectivity index (χ2v) is 6.81. The highest BCUT2D eigenvalue weighted by atomic mass is 16.1. The van der Waals surface area contributed by atoms with Crippen LogP contribution in [0.15, 0.2) is 30.7 Å². The Balaban J connectivity index is 1.51. The molecule has 1 amide bonds. The third-order valence-electron chi connectivity index (χ3n) is 4.80. The van der Waals surface area contributed by atoms with Gasteiger partial charge in [0.2, 0.25) is 0 Å². The molecule has 2 aromatic heterocycles. The van der Waals surface area contributed by atoms with Crippen molar-refractivity contribution in [1.82, 2.24) is 20.3 Å². The number of carbonyl (C=O) groups excluding carboxylic acids is 1. The molecular weight excluding hydrogens is 340 g/mol. The minimum absolute atomic E-state index is 0.0690. The van der Waals surface area contributed by atoms with E-state index in [0.717, 1.165) is 56.1 Å². The predicted molar refractivity (Wildman–Crippen MR) is 107 cm³/mol. The van der Waals surface area contributed by atoms with E-state index in [1.54, 1.807) is 12.5 Å². The van der Waals surface area contributed by atoms with Crippen molar-refractivity contribution in [2.24, 2.45) is 0 Å². The van der Waals surface area contributed by atoms with E-state index in [1.165, 1.54) is 0 Å². The smallest absolute Gasteiger partial charge is 0.252 e. The summed E-state index contributed by atoms with van der Waals surface area (Å²) in [4.78, 5) is 27.3. The maximum Gasteiger partial charge on any atom is 0.252 e. The Bertz CT molecular complexity index is 740. The van der Waals surface area contributed by atoms with Gasteiger partial charge in [0.1, 0.15) is 18.0 Å². The van der Waals surface area contributed by atoms with E-state index < -0.39 is 0 Å². The Kier molecular flexibility index (Phi) is 6.57. The van der Waals surface area contributed by atoms with Crippen molar-refractivity contribution in [3.8, 4) is 0 Å². The lowest BCUT2D eigenvalue weighted by atomic mass is 10.0. The number of aromatic nitrogens is 3. The summed E-state index contributed by atoms with van der Waals surface area (Å²) < 4.78 is 0. The second-order valence-electron chi connectivity index (χ2n) is 6.81. The lowest BCUT2D eigenvalue weighted by molar-refractivity contribution is 0.0953. The predicted octanol–water partition coefficient (Wildman–Crippen LogP) is 2.65. The first kappa shape index (κ1) is 19.1. The van der Waals surface area contributed by atoms with Crippen molar-refractivity contribution in [1.29, 1.82) is 0 Å². The number of rotatable bonds is 7. The van der Waals surface area contributed by atoms with E-state index in [1.807, 2.05) is 19.1 Å². The van der Waals surface area contributed by atoms with Crippen LogP contribution in [-0.2, 0) is 6.42 Å². The first-order valence-electron chi connectivity index (χ1n) is 9.76. The van der Waals surface area contributed by atoms with Crippen LogP contribution in [0.2, 0.25) is 0 Å². The minimum Gasteiger partial charge on any atom is -0.367 e. The fourth-order valence-electron chi connectivity index (χ4n) is 3.17. The fourth-order valence-corrected chi connectivity index (χ4v) is 3.17. The van der Waals surface area contributed by atoms with E-state index in [9.17, 15) is 4.79 Å². The maximum absolute atomic E-state index is 11.9. The summed E-state index contributed by atoms with van der Waals surface area (Å²) in [6.45, 7) is 6.73. The number of amides is 1. The Morgan fingerprint density at radius 2 is 2.00 bits per heavy atom. The quantitative estimate of drug-likeness (QED) is 0.782. The van der Waals surface area contributed by atoms with Crippen LogP contribution in [0.25, 0.3) is 0 Å². The summed E-state index contributed by atoms with van der Waals surface area (Å²) in [7, 11) is 0. The van der Waals surface area contributed by atoms with Gasteiger partial charge in [-0.25, -0.2) is 15.0 Å². The molecule has 0 saturated carbocycles. The largest absolute Gasteiger partial charge is 0.367 e. The topological polar surface area (TPSA) is 83.0 Å². The van der Waals surface area contributed by atoms with Gasteiger partial charge in [0, 0.05) is 43.6 Å². The van der Waals surface area contributed by atoms with Crippen LogP contribution in [0.1, 0.15) is 49.2 Å². The van der Waals surface area contributed by atoms with Crippen LogP contribution in [0.5, 0.6) is 0 Å². The first-order chi connectivity index (χ1) is 13.2. The summed E-state index contributed by atoms with van der Waals surface area (Å²) in [5.41, 5.74) is 1.67. The van der Waals surface area contributed by atoms with E-state index >= 15 is 0 Å². The Morgan fingerprint density at radius 3 is 2.67 bits per heavy atom. The molecular formula is C20H28N6O. The van der Waals surface area contributed by atoms with E-state index in [4.69, 9.17) is 0 Å². The van der Waals surface area contributed by atoms with Gasteiger partial charge in [0.25, 0.3) is 5.91 Å². The number of hydrogen-bond donors (Lipinski definition) is 2. The number of hydrogen-bond acceptors (Lipinski definition) is 6. The fraction of sp³-hybridized carbons (Fsp3) is 0.500. The molecule has 1 aliphatic heterocycles. The lowest BCUT2D eigenvalue weighted by Crippen LogP contribution is -2.39. The second kappa shape index (κ2) is 9.30. The third-order valence-corrected chi connectivity index (χ3v) is 4.80. The average Bonchev–Trinajstić information content (AvgIpc) is 2.73. The van der Waals surface area contributed by atoms with Crippen LogP contribution in [0.3, 0.4) is 0 Å². The molecule has 7 nitrogen and oxygen atoms in total. The summed E-state index contributed by atoms with van der Waals surface area (Å²) in [6.07, 6.45) is 7.17. The van der Waals surface area contributed by atoms with Gasteiger partial charge in [-0.2, -0.15) is 0 Å². The normalized spacial score (nSPS) is 14.8. The van der Waals surface area contributed by atoms with Gasteiger partial charge in [-0.1, -0.05) is 13.8 Å². The van der Waals surface area contributed by atoms with Gasteiger partial charge < -0.3 is 15.5 Å². The van der Waals surface area contributed by atoms with Gasteiger partial charge >= 0.3 is 0 Å². The monoisotopic (exact) mass is 368 g/mol. The molecule has 1 aliphatic rings. The molecule has 0 unspecified atom stereocenters. The highest BCUT2D eigenvalue weighted by Crippen LogP contribution is 2.20. The standard InChI is InChI=1S/C20H28N6O/c1-3-9-21-20(27)15-5-6-18(22-13-15)25-17-7-10-26(11-8-17)19-12-16(4-2)23-14-24-19/h5-6,12-14,17H,3-4,7-11H2,1-2H3,(H,21,27)(H,22,25). The molecule has 0 aliphatic carbocycles. The SMILES string of the molecule is CCCNC(=O)c1ccc(NC2CCN(c3cc(CC)ncn3)CC2)nc1. The van der Waals surface area contributed by atoms with Crippen molar-refractivity contribution in [3.05, 3.63) is 42.0 Å². The Labute approximate surface area is 160 Å². The van der Waals surface area contributed by atoms with Gasteiger partial charge in [-0.15, -0.1) is 0 Å². The van der Waals surface area contributed by atoms with Crippen molar-refractivity contribution >= 4 is 17.5 Å². The molecule has 3 heterocycles. The summed E-state index contributed by atoms with van der Waals surface area (Å²) in [6, 6.07) is 6.16. The zero-order valence-corrected chi connectivity index (χ0v) is 16.1. The lowest BCUT2D eigenvalue weighted by Gasteiger charge is -2.33. The van der Waals surface area contributed by atoms with Crippen LogP contribution in [-0.4, -0.2) is 46.5 Å². The number of nitrogens with zero attached hydrogens (tertiary/aromatic N) is 4. The zero-order chi connectivity index (χ0) is 19.1. The highest BCUT2D eigenvalue weighted by molar-refractivity contribution is 5.94. The highest BCUT2D eigenvalue weighted by Gasteiger charge is 2.20. The number of pyridine rings is 1. The molecule has 0 aromatic carbocycles. The van der Waals surface area contributed by atoms with Gasteiger partial charge in [-0.05, 0) is 37.8 Å². The molecule has 7 heteroatoms. The van der Waals surface area contributed by atoms with Gasteiger partial charge in [0.05, 0.1) is 5.56 Å². The third kappa shape index (κ3) is 5.15. The molecule has 0 radical (unpaired) electrons. The number of nitrogens with one attached hydrogen (secondary N) is 2. The van der Waals surface area contributed by atoms with Crippen molar-refractivity contribution < 1.29 is 4.79 Å². The van der Waals surface area contributed by atoms with Crippen molar-refractivity contribution in [2.75, 3.05) is 29.9 Å². The Morgan fingerprint density at radius 1 is 1.19 bits per heavy atom. The maximum atomic E-state index is 11.9. The molecule has 0 atom stereocenters. The van der Waals surface area contributed by atoms with Crippen LogP contribution in [0.4, 0.5) is 11.6 Å². The summed E-state index contributed by atoms with van der Waals surface area (Å²) in [5.74, 6) is 1.76. The van der Waals surface area contributed by atoms with E-state index in [2.05, 4.69) is 43.5 Å². The molecule has 2 aromatic rings. The number of carbonyl (C=O) groups is 1. The summed E-state index contributed by atoms with van der Waals surface area (Å²) >= 11 is 0. The number of aryl methyl sites for hydroxylation is 1. The zero-order valence-electron chi connectivity index (χ0n) is 16.1. The van der Waals surface area contributed by atoms with Crippen LogP contribution in [0, 0.1) is 0 Å². The molecule has 1 saturated heterocycles. The first-order valence-corrected chi connectivity index (χ1v) is 9.76. The molecule has 27 heavy (non-hydrogen) atoms. The van der Waals surface area contributed by atoms with Gasteiger partial charge in [0.15, 0.2) is 0 Å². The van der Waals surface area contributed by atoms with Gasteiger partial charge in [-0.3, -0.25) is 4.79 Å². The van der Waals surface area contributed by atoms with E-state index in [-0.39, 0.29) is 5.91 Å². The van der Waals surface area contributed by atoms with Crippen LogP contribution >= 0.6 is 0 Å². The van der Waals surface area contributed by atoms with Crippen molar-refractivity contribution in [2.45, 2.75) is 45.6 Å². The molecule has 3 rings (SSSR count). The summed E-state index contributed by atoms with van der Waals surface area (Å²) in [5, 5.41) is 6.35. The average molecular weight is 368 g/mol. The molecule has 2 N–H and O–H groups in total. The molecule has 144 valence electrons. The number of anilines is 2. The number of piperidine rings is 1. The molecule has 0 spiro atoms.